The highest BCUT2D eigenvalue weighted by molar-refractivity contribution is 5.51. The zero-order chi connectivity index (χ0) is 11.4. The molecule has 1 aliphatic heterocycles. The quantitative estimate of drug-likeness (QED) is 0.776. The number of anilines is 1. The number of para-hydroxylation sites is 2. The van der Waals surface area contributed by atoms with E-state index in [9.17, 15) is 0 Å². The fourth-order valence-corrected chi connectivity index (χ4v) is 2.09. The van der Waals surface area contributed by atoms with E-state index < -0.39 is 0 Å². The van der Waals surface area contributed by atoms with Gasteiger partial charge in [0.05, 0.1) is 5.69 Å². The van der Waals surface area contributed by atoms with Gasteiger partial charge in [0.2, 0.25) is 0 Å². The van der Waals surface area contributed by atoms with Crippen LogP contribution >= 0.6 is 0 Å². The predicted octanol–water partition coefficient (Wildman–Crippen LogP) is 2.13. The first-order valence-electron chi connectivity index (χ1n) is 5.95. The van der Waals surface area contributed by atoms with Crippen LogP contribution in [0.4, 0.5) is 5.69 Å². The largest absolute Gasteiger partial charge is 0.488 e. The van der Waals surface area contributed by atoms with E-state index in [1.165, 1.54) is 13.0 Å². The molecular weight excluding hydrogens is 200 g/mol. The van der Waals surface area contributed by atoms with E-state index in [1.807, 2.05) is 24.3 Å². The second-order valence-corrected chi connectivity index (χ2v) is 4.51. The summed E-state index contributed by atoms with van der Waals surface area (Å²) in [4.78, 5) is 2.36. The van der Waals surface area contributed by atoms with Gasteiger partial charge in [0.25, 0.3) is 0 Å². The molecule has 3 heteroatoms. The first-order chi connectivity index (χ1) is 7.75. The predicted molar refractivity (Wildman–Crippen MR) is 66.6 cm³/mol. The summed E-state index contributed by atoms with van der Waals surface area (Å²) in [5.41, 5.74) is 6.60. The minimum absolute atomic E-state index is 0.314. The molecule has 0 bridgehead atoms. The van der Waals surface area contributed by atoms with Gasteiger partial charge < -0.3 is 15.4 Å². The summed E-state index contributed by atoms with van der Waals surface area (Å²) >= 11 is 0. The Hall–Kier alpha value is -1.22. The van der Waals surface area contributed by atoms with E-state index in [0.717, 1.165) is 30.8 Å². The van der Waals surface area contributed by atoms with Crippen LogP contribution in [0.15, 0.2) is 24.3 Å². The van der Waals surface area contributed by atoms with Crippen LogP contribution in [0.25, 0.3) is 0 Å². The number of nitrogens with zero attached hydrogens (tertiary/aromatic N) is 1. The van der Waals surface area contributed by atoms with E-state index in [0.29, 0.717) is 6.10 Å². The molecule has 0 aliphatic carbocycles. The monoisotopic (exact) mass is 220 g/mol. The van der Waals surface area contributed by atoms with Crippen molar-refractivity contribution < 1.29 is 4.74 Å². The summed E-state index contributed by atoms with van der Waals surface area (Å²) in [5.74, 6) is 0.831. The zero-order valence-corrected chi connectivity index (χ0v) is 9.86. The Kier molecular flexibility index (Phi) is 3.67. The summed E-state index contributed by atoms with van der Waals surface area (Å²) in [6.07, 6.45) is 3.73. The average Bonchev–Trinajstić information content (AvgIpc) is 2.47. The van der Waals surface area contributed by atoms with Crippen molar-refractivity contribution in [2.45, 2.75) is 25.4 Å². The van der Waals surface area contributed by atoms with E-state index >= 15 is 0 Å². The molecule has 16 heavy (non-hydrogen) atoms. The van der Waals surface area contributed by atoms with E-state index in [4.69, 9.17) is 10.5 Å². The number of nitrogen functional groups attached to an aromatic ring is 1. The standard InChI is InChI=1S/C13H20N2O/c1-15-9-4-5-11(8-10-15)16-13-7-3-2-6-12(13)14/h2-3,6-7,11H,4-5,8-10,14H2,1H3. The molecule has 2 rings (SSSR count). The molecule has 0 spiro atoms. The van der Waals surface area contributed by atoms with Crippen LogP contribution in [-0.2, 0) is 0 Å². The fourth-order valence-electron chi connectivity index (χ4n) is 2.09. The van der Waals surface area contributed by atoms with Crippen molar-refractivity contribution in [2.24, 2.45) is 0 Å². The summed E-state index contributed by atoms with van der Waals surface area (Å²) in [5, 5.41) is 0. The lowest BCUT2D eigenvalue weighted by Gasteiger charge is -2.18. The highest BCUT2D eigenvalue weighted by atomic mass is 16.5. The summed E-state index contributed by atoms with van der Waals surface area (Å²) in [6, 6.07) is 7.74. The van der Waals surface area contributed by atoms with Crippen molar-refractivity contribution >= 4 is 5.69 Å². The van der Waals surface area contributed by atoms with Gasteiger partial charge in [0.15, 0.2) is 0 Å². The van der Waals surface area contributed by atoms with Crippen LogP contribution < -0.4 is 10.5 Å². The summed E-state index contributed by atoms with van der Waals surface area (Å²) in [6.45, 7) is 2.28. The number of hydrogen-bond donors (Lipinski definition) is 1. The van der Waals surface area contributed by atoms with E-state index in [1.54, 1.807) is 0 Å². The maximum Gasteiger partial charge on any atom is 0.142 e. The minimum atomic E-state index is 0.314. The molecule has 1 atom stereocenters. The Morgan fingerprint density at radius 2 is 2.06 bits per heavy atom. The zero-order valence-electron chi connectivity index (χ0n) is 9.86. The normalized spacial score (nSPS) is 22.7. The molecule has 1 aliphatic rings. The summed E-state index contributed by atoms with van der Waals surface area (Å²) in [7, 11) is 2.17. The highest BCUT2D eigenvalue weighted by Crippen LogP contribution is 2.24. The van der Waals surface area contributed by atoms with Crippen molar-refractivity contribution in [2.75, 3.05) is 25.9 Å². The number of nitrogens with two attached hydrogens (primary N) is 1. The molecule has 2 N–H and O–H groups in total. The Morgan fingerprint density at radius 1 is 1.25 bits per heavy atom. The molecule has 1 fully saturated rings. The lowest BCUT2D eigenvalue weighted by atomic mass is 10.1. The smallest absolute Gasteiger partial charge is 0.142 e. The van der Waals surface area contributed by atoms with Crippen LogP contribution in [0.5, 0.6) is 5.75 Å². The van der Waals surface area contributed by atoms with Gasteiger partial charge in [-0.05, 0) is 45.0 Å². The molecule has 0 aromatic heterocycles. The molecule has 0 radical (unpaired) electrons. The molecule has 3 nitrogen and oxygen atoms in total. The Labute approximate surface area is 97.2 Å². The van der Waals surface area contributed by atoms with Crippen LogP contribution in [0.3, 0.4) is 0 Å². The maximum absolute atomic E-state index is 5.96. The second kappa shape index (κ2) is 5.21. The van der Waals surface area contributed by atoms with Crippen LogP contribution in [-0.4, -0.2) is 31.1 Å². The highest BCUT2D eigenvalue weighted by Gasteiger charge is 2.16. The van der Waals surface area contributed by atoms with Crippen molar-refractivity contribution in [1.82, 2.24) is 4.90 Å². The second-order valence-electron chi connectivity index (χ2n) is 4.51. The van der Waals surface area contributed by atoms with Crippen molar-refractivity contribution in [1.29, 1.82) is 0 Å². The molecule has 1 aromatic rings. The van der Waals surface area contributed by atoms with Crippen LogP contribution in [0.2, 0.25) is 0 Å². The SMILES string of the molecule is CN1CCCC(Oc2ccccc2N)CC1. The molecular formula is C13H20N2O. The van der Waals surface area contributed by atoms with Gasteiger partial charge in [-0.25, -0.2) is 0 Å². The average molecular weight is 220 g/mol. The van der Waals surface area contributed by atoms with Gasteiger partial charge >= 0.3 is 0 Å². The molecule has 0 saturated carbocycles. The van der Waals surface area contributed by atoms with E-state index in [-0.39, 0.29) is 0 Å². The van der Waals surface area contributed by atoms with Gasteiger partial charge in [-0.15, -0.1) is 0 Å². The lowest BCUT2D eigenvalue weighted by Crippen LogP contribution is -2.21. The van der Waals surface area contributed by atoms with Gasteiger partial charge in [-0.2, -0.15) is 0 Å². The lowest BCUT2D eigenvalue weighted by molar-refractivity contribution is 0.184. The molecule has 1 saturated heterocycles. The van der Waals surface area contributed by atoms with E-state index in [2.05, 4.69) is 11.9 Å². The summed E-state index contributed by atoms with van der Waals surface area (Å²) < 4.78 is 5.96. The topological polar surface area (TPSA) is 38.5 Å². The van der Waals surface area contributed by atoms with Crippen molar-refractivity contribution in [3.05, 3.63) is 24.3 Å². The molecule has 0 amide bonds. The Bertz CT molecular complexity index is 340. The van der Waals surface area contributed by atoms with Crippen molar-refractivity contribution in [3.63, 3.8) is 0 Å². The third kappa shape index (κ3) is 2.89. The van der Waals surface area contributed by atoms with Crippen LogP contribution in [0, 0.1) is 0 Å². The number of rotatable bonds is 2. The minimum Gasteiger partial charge on any atom is -0.488 e. The third-order valence-corrected chi connectivity index (χ3v) is 3.11. The molecule has 1 unspecified atom stereocenters. The molecule has 88 valence electrons. The van der Waals surface area contributed by atoms with Crippen LogP contribution in [0.1, 0.15) is 19.3 Å². The number of hydrogen-bond acceptors (Lipinski definition) is 3. The first kappa shape index (κ1) is 11.3. The first-order valence-corrected chi connectivity index (χ1v) is 5.95. The number of likely N-dealkylation sites (tertiary alicyclic amines) is 1. The van der Waals surface area contributed by atoms with Gasteiger partial charge in [0.1, 0.15) is 11.9 Å². The fraction of sp³-hybridized carbons (Fsp3) is 0.538. The maximum atomic E-state index is 5.96. The third-order valence-electron chi connectivity index (χ3n) is 3.11. The Balaban J connectivity index is 1.96. The molecule has 1 aromatic carbocycles. The number of benzene rings is 1. The van der Waals surface area contributed by atoms with Gasteiger partial charge in [0, 0.05) is 6.54 Å². The van der Waals surface area contributed by atoms with Gasteiger partial charge in [-0.1, -0.05) is 12.1 Å². The van der Waals surface area contributed by atoms with Gasteiger partial charge in [-0.3, -0.25) is 0 Å². The Morgan fingerprint density at radius 3 is 2.88 bits per heavy atom. The number of ether oxygens (including phenoxy) is 1. The molecule has 1 heterocycles. The van der Waals surface area contributed by atoms with Crippen molar-refractivity contribution in [3.8, 4) is 5.75 Å².